The number of ether oxygens (including phenoxy) is 1. The summed E-state index contributed by atoms with van der Waals surface area (Å²) in [7, 11) is 1.81. The normalized spacial score (nSPS) is 13.1. The Morgan fingerprint density at radius 3 is 2.31 bits per heavy atom. The lowest BCUT2D eigenvalue weighted by atomic mass is 10.1. The summed E-state index contributed by atoms with van der Waals surface area (Å²) in [5.74, 6) is 0.121. The average molecular weight is 187 g/mol. The maximum Gasteiger partial charge on any atom is 0.227 e. The number of rotatable bonds is 5. The first-order valence-electron chi connectivity index (χ1n) is 4.85. The molecule has 0 fully saturated rings. The molecule has 0 aromatic rings. The molecule has 0 radical (unpaired) electrons. The molecule has 0 rings (SSSR count). The summed E-state index contributed by atoms with van der Waals surface area (Å²) in [6.45, 7) is 9.08. The van der Waals surface area contributed by atoms with Gasteiger partial charge in [-0.2, -0.15) is 0 Å². The Bertz CT molecular complexity index is 157. The van der Waals surface area contributed by atoms with Crippen LogP contribution in [0.15, 0.2) is 0 Å². The van der Waals surface area contributed by atoms with Crippen molar-refractivity contribution in [3.8, 4) is 0 Å². The van der Waals surface area contributed by atoms with Crippen molar-refractivity contribution in [1.82, 2.24) is 4.90 Å². The van der Waals surface area contributed by atoms with E-state index in [1.165, 1.54) is 0 Å². The lowest BCUT2D eigenvalue weighted by molar-refractivity contribution is -0.135. The summed E-state index contributed by atoms with van der Waals surface area (Å²) in [4.78, 5) is 13.2. The van der Waals surface area contributed by atoms with Gasteiger partial charge < -0.3 is 9.64 Å². The maximum atomic E-state index is 11.5. The summed E-state index contributed by atoms with van der Waals surface area (Å²) < 4.78 is 5.37. The van der Waals surface area contributed by atoms with Crippen LogP contribution in [-0.4, -0.2) is 37.1 Å². The van der Waals surface area contributed by atoms with Crippen molar-refractivity contribution in [3.63, 3.8) is 0 Å². The van der Waals surface area contributed by atoms with E-state index < -0.39 is 0 Å². The Balaban J connectivity index is 3.82. The number of hydrogen-bond acceptors (Lipinski definition) is 2. The average Bonchev–Trinajstić information content (AvgIpc) is 2.11. The fourth-order valence-corrected chi connectivity index (χ4v) is 0.940. The number of nitrogens with zero attached hydrogens (tertiary/aromatic N) is 1. The molecule has 0 heterocycles. The van der Waals surface area contributed by atoms with E-state index in [2.05, 4.69) is 0 Å². The molecule has 0 saturated heterocycles. The molecule has 0 spiro atoms. The van der Waals surface area contributed by atoms with E-state index in [4.69, 9.17) is 4.74 Å². The highest BCUT2D eigenvalue weighted by Gasteiger charge is 2.16. The minimum absolute atomic E-state index is 0.0349. The van der Waals surface area contributed by atoms with E-state index in [1.54, 1.807) is 4.90 Å². The standard InChI is InChI=1S/C10H21NO2/c1-6-11(5)10(12)9(4)7-13-8(2)3/h8-9H,6-7H2,1-5H3. The third-order valence-electron chi connectivity index (χ3n) is 1.95. The highest BCUT2D eigenvalue weighted by molar-refractivity contribution is 5.78. The molecule has 78 valence electrons. The van der Waals surface area contributed by atoms with Gasteiger partial charge in [-0.25, -0.2) is 0 Å². The molecule has 0 aliphatic carbocycles. The predicted molar refractivity (Wildman–Crippen MR) is 53.6 cm³/mol. The van der Waals surface area contributed by atoms with Crippen LogP contribution in [0.4, 0.5) is 0 Å². The lowest BCUT2D eigenvalue weighted by Crippen LogP contribution is -2.33. The topological polar surface area (TPSA) is 29.5 Å². The van der Waals surface area contributed by atoms with Gasteiger partial charge in [0.2, 0.25) is 5.91 Å². The molecular formula is C10H21NO2. The van der Waals surface area contributed by atoms with Crippen LogP contribution in [0.3, 0.4) is 0 Å². The van der Waals surface area contributed by atoms with E-state index in [9.17, 15) is 4.79 Å². The van der Waals surface area contributed by atoms with Crippen molar-refractivity contribution in [2.75, 3.05) is 20.2 Å². The van der Waals surface area contributed by atoms with Gasteiger partial charge in [0.25, 0.3) is 0 Å². The van der Waals surface area contributed by atoms with E-state index >= 15 is 0 Å². The molecule has 3 nitrogen and oxygen atoms in total. The first-order chi connectivity index (χ1) is 5.99. The second-order valence-corrected chi connectivity index (χ2v) is 3.64. The van der Waals surface area contributed by atoms with Crippen molar-refractivity contribution in [1.29, 1.82) is 0 Å². The van der Waals surface area contributed by atoms with E-state index in [-0.39, 0.29) is 17.9 Å². The largest absolute Gasteiger partial charge is 0.378 e. The van der Waals surface area contributed by atoms with Crippen molar-refractivity contribution >= 4 is 5.91 Å². The Labute approximate surface area is 81.1 Å². The molecule has 3 heteroatoms. The fraction of sp³-hybridized carbons (Fsp3) is 0.900. The highest BCUT2D eigenvalue weighted by atomic mass is 16.5. The quantitative estimate of drug-likeness (QED) is 0.653. The second kappa shape index (κ2) is 5.97. The van der Waals surface area contributed by atoms with Gasteiger partial charge in [-0.3, -0.25) is 4.79 Å². The molecular weight excluding hydrogens is 166 g/mol. The first-order valence-corrected chi connectivity index (χ1v) is 4.85. The smallest absolute Gasteiger partial charge is 0.227 e. The van der Waals surface area contributed by atoms with Gasteiger partial charge in [-0.05, 0) is 20.8 Å². The van der Waals surface area contributed by atoms with E-state index in [0.29, 0.717) is 6.61 Å². The molecule has 0 saturated carbocycles. The van der Waals surface area contributed by atoms with Crippen molar-refractivity contribution in [2.24, 2.45) is 5.92 Å². The monoisotopic (exact) mass is 187 g/mol. The zero-order valence-corrected chi connectivity index (χ0v) is 9.33. The van der Waals surface area contributed by atoms with Crippen LogP contribution in [0.1, 0.15) is 27.7 Å². The third-order valence-corrected chi connectivity index (χ3v) is 1.95. The molecule has 0 aromatic heterocycles. The number of hydrogen-bond donors (Lipinski definition) is 0. The molecule has 0 aliphatic rings. The SMILES string of the molecule is CCN(C)C(=O)C(C)COC(C)C. The Morgan fingerprint density at radius 2 is 1.92 bits per heavy atom. The number of amides is 1. The molecule has 0 N–H and O–H groups in total. The van der Waals surface area contributed by atoms with Crippen LogP contribution in [0.25, 0.3) is 0 Å². The highest BCUT2D eigenvalue weighted by Crippen LogP contribution is 2.03. The van der Waals surface area contributed by atoms with Gasteiger partial charge in [0, 0.05) is 13.6 Å². The Morgan fingerprint density at radius 1 is 1.38 bits per heavy atom. The van der Waals surface area contributed by atoms with Crippen LogP contribution in [0.2, 0.25) is 0 Å². The van der Waals surface area contributed by atoms with Crippen molar-refractivity contribution in [2.45, 2.75) is 33.8 Å². The zero-order chi connectivity index (χ0) is 10.4. The molecule has 1 unspecified atom stereocenters. The third kappa shape index (κ3) is 4.88. The molecule has 1 amide bonds. The van der Waals surface area contributed by atoms with Crippen LogP contribution in [-0.2, 0) is 9.53 Å². The lowest BCUT2D eigenvalue weighted by Gasteiger charge is -2.20. The second-order valence-electron chi connectivity index (χ2n) is 3.64. The van der Waals surface area contributed by atoms with Crippen LogP contribution >= 0.6 is 0 Å². The summed E-state index contributed by atoms with van der Waals surface area (Å²) in [6.07, 6.45) is 0.196. The fourth-order valence-electron chi connectivity index (χ4n) is 0.940. The van der Waals surface area contributed by atoms with Crippen molar-refractivity contribution < 1.29 is 9.53 Å². The molecule has 0 aliphatic heterocycles. The van der Waals surface area contributed by atoms with Gasteiger partial charge >= 0.3 is 0 Å². The molecule has 13 heavy (non-hydrogen) atoms. The van der Waals surface area contributed by atoms with Gasteiger partial charge in [-0.15, -0.1) is 0 Å². The van der Waals surface area contributed by atoms with E-state index in [0.717, 1.165) is 6.54 Å². The summed E-state index contributed by atoms with van der Waals surface area (Å²) >= 11 is 0. The van der Waals surface area contributed by atoms with Gasteiger partial charge in [-0.1, -0.05) is 6.92 Å². The number of carbonyl (C=O) groups is 1. The number of carbonyl (C=O) groups excluding carboxylic acids is 1. The molecule has 0 aromatic carbocycles. The summed E-state index contributed by atoms with van der Waals surface area (Å²) in [5, 5.41) is 0. The van der Waals surface area contributed by atoms with Gasteiger partial charge in [0.05, 0.1) is 18.6 Å². The predicted octanol–water partition coefficient (Wildman–Crippen LogP) is 1.53. The molecule has 1 atom stereocenters. The van der Waals surface area contributed by atoms with Crippen LogP contribution in [0, 0.1) is 5.92 Å². The van der Waals surface area contributed by atoms with Crippen molar-refractivity contribution in [3.05, 3.63) is 0 Å². The zero-order valence-electron chi connectivity index (χ0n) is 9.33. The Hall–Kier alpha value is -0.570. The first kappa shape index (κ1) is 12.4. The minimum atomic E-state index is -0.0349. The van der Waals surface area contributed by atoms with Gasteiger partial charge in [0.15, 0.2) is 0 Å². The Kier molecular flexibility index (Phi) is 5.71. The van der Waals surface area contributed by atoms with Crippen LogP contribution < -0.4 is 0 Å². The summed E-state index contributed by atoms with van der Waals surface area (Å²) in [6, 6.07) is 0. The van der Waals surface area contributed by atoms with Crippen LogP contribution in [0.5, 0.6) is 0 Å². The van der Waals surface area contributed by atoms with Gasteiger partial charge in [0.1, 0.15) is 0 Å². The minimum Gasteiger partial charge on any atom is -0.378 e. The maximum absolute atomic E-state index is 11.5. The summed E-state index contributed by atoms with van der Waals surface area (Å²) in [5.41, 5.74) is 0. The molecule has 0 bridgehead atoms. The van der Waals surface area contributed by atoms with E-state index in [1.807, 2.05) is 34.7 Å².